The van der Waals surface area contributed by atoms with Crippen molar-refractivity contribution in [2.45, 2.75) is 19.3 Å². The van der Waals surface area contributed by atoms with Crippen LogP contribution in [-0.4, -0.2) is 33.8 Å². The van der Waals surface area contributed by atoms with Crippen LogP contribution in [0.25, 0.3) is 0 Å². The van der Waals surface area contributed by atoms with Crippen LogP contribution in [0.2, 0.25) is 0 Å². The standard InChI is InChI=1S/C11H14FN2O6P/c1-6-4-14(11(16)13-9(6)15)10-8(12)3-7(20-10)5-19-21(2,17)18/h3-4,7,10H,5H2,1-2H3,(H,17,18)(H,13,15,16)/t7-,10+/m0/s1. The molecule has 3 atom stereocenters. The number of halogens is 1. The summed E-state index contributed by atoms with van der Waals surface area (Å²) in [4.78, 5) is 34.0. The zero-order chi connectivity index (χ0) is 15.8. The highest BCUT2D eigenvalue weighted by Crippen LogP contribution is 2.38. The fourth-order valence-corrected chi connectivity index (χ4v) is 2.21. The maximum absolute atomic E-state index is 13.9. The summed E-state index contributed by atoms with van der Waals surface area (Å²) in [6.45, 7) is 2.13. The summed E-state index contributed by atoms with van der Waals surface area (Å²) < 4.78 is 35.7. The Labute approximate surface area is 118 Å². The minimum atomic E-state index is -3.70. The van der Waals surface area contributed by atoms with Crippen molar-refractivity contribution in [1.29, 1.82) is 0 Å². The summed E-state index contributed by atoms with van der Waals surface area (Å²) in [5.41, 5.74) is -1.16. The SMILES string of the molecule is Cc1cn([C@@H]2O[C@H](COP(C)(=O)O)C=C2F)c(=O)[nH]c1=O. The third kappa shape index (κ3) is 3.76. The zero-order valence-corrected chi connectivity index (χ0v) is 12.2. The molecule has 2 N–H and O–H groups in total. The molecule has 0 aliphatic carbocycles. The molecule has 116 valence electrons. The quantitative estimate of drug-likeness (QED) is 0.778. The summed E-state index contributed by atoms with van der Waals surface area (Å²) in [6.07, 6.45) is -0.0157. The molecule has 1 unspecified atom stereocenters. The Morgan fingerprint density at radius 2 is 2.24 bits per heavy atom. The minimum Gasteiger partial charge on any atom is -0.341 e. The molecule has 1 aliphatic rings. The van der Waals surface area contributed by atoms with Gasteiger partial charge >= 0.3 is 13.3 Å². The van der Waals surface area contributed by atoms with Crippen molar-refractivity contribution in [3.63, 3.8) is 0 Å². The minimum absolute atomic E-state index is 0.221. The number of H-pyrrole nitrogens is 1. The number of aromatic amines is 1. The van der Waals surface area contributed by atoms with Crippen molar-refractivity contribution in [3.05, 3.63) is 44.5 Å². The van der Waals surface area contributed by atoms with Crippen LogP contribution < -0.4 is 11.2 Å². The first-order chi connectivity index (χ1) is 9.67. The average molecular weight is 320 g/mol. The Hall–Kier alpha value is -1.54. The molecule has 10 heteroatoms. The second-order valence-electron chi connectivity index (χ2n) is 4.66. The van der Waals surface area contributed by atoms with E-state index in [0.717, 1.165) is 17.3 Å². The van der Waals surface area contributed by atoms with Crippen LogP contribution >= 0.6 is 7.60 Å². The molecular formula is C11H14FN2O6P. The number of ether oxygens (including phenoxy) is 1. The number of aromatic nitrogens is 2. The lowest BCUT2D eigenvalue weighted by molar-refractivity contribution is -0.0184. The van der Waals surface area contributed by atoms with E-state index >= 15 is 0 Å². The van der Waals surface area contributed by atoms with Crippen LogP contribution in [0, 0.1) is 6.92 Å². The molecule has 1 aliphatic heterocycles. The molecule has 0 amide bonds. The lowest BCUT2D eigenvalue weighted by atomic mass is 10.3. The lowest BCUT2D eigenvalue weighted by Crippen LogP contribution is -2.34. The van der Waals surface area contributed by atoms with Crippen molar-refractivity contribution in [2.24, 2.45) is 0 Å². The Morgan fingerprint density at radius 1 is 1.57 bits per heavy atom. The molecule has 0 fully saturated rings. The largest absolute Gasteiger partial charge is 0.341 e. The van der Waals surface area contributed by atoms with Crippen molar-refractivity contribution in [2.75, 3.05) is 13.3 Å². The first kappa shape index (κ1) is 15.8. The van der Waals surface area contributed by atoms with Crippen molar-refractivity contribution in [1.82, 2.24) is 9.55 Å². The zero-order valence-electron chi connectivity index (χ0n) is 11.3. The smallest absolute Gasteiger partial charge is 0.330 e. The molecule has 2 heterocycles. The normalized spacial score (nSPS) is 24.7. The van der Waals surface area contributed by atoms with Gasteiger partial charge in [-0.05, 0) is 13.0 Å². The van der Waals surface area contributed by atoms with Crippen LogP contribution in [0.3, 0.4) is 0 Å². The van der Waals surface area contributed by atoms with Gasteiger partial charge in [-0.3, -0.25) is 18.9 Å². The first-order valence-electron chi connectivity index (χ1n) is 5.97. The van der Waals surface area contributed by atoms with Gasteiger partial charge in [-0.2, -0.15) is 0 Å². The monoisotopic (exact) mass is 320 g/mol. The van der Waals surface area contributed by atoms with Gasteiger partial charge in [-0.25, -0.2) is 9.18 Å². The number of rotatable bonds is 4. The summed E-state index contributed by atoms with van der Waals surface area (Å²) >= 11 is 0. The molecule has 0 saturated carbocycles. The Morgan fingerprint density at radius 3 is 2.86 bits per heavy atom. The highest BCUT2D eigenvalue weighted by Gasteiger charge is 2.31. The van der Waals surface area contributed by atoms with Crippen LogP contribution in [0.5, 0.6) is 0 Å². The topological polar surface area (TPSA) is 111 Å². The van der Waals surface area contributed by atoms with E-state index in [9.17, 15) is 18.5 Å². The Balaban J connectivity index is 2.19. The number of nitrogens with one attached hydrogen (secondary N) is 1. The summed E-state index contributed by atoms with van der Waals surface area (Å²) in [5.74, 6) is -0.749. The third-order valence-electron chi connectivity index (χ3n) is 2.76. The number of aryl methyl sites for hydroxylation is 1. The molecule has 0 aromatic carbocycles. The van der Waals surface area contributed by atoms with Gasteiger partial charge in [-0.15, -0.1) is 0 Å². The van der Waals surface area contributed by atoms with E-state index in [4.69, 9.17) is 9.63 Å². The molecular weight excluding hydrogens is 306 g/mol. The van der Waals surface area contributed by atoms with Gasteiger partial charge in [0.15, 0.2) is 6.23 Å². The maximum atomic E-state index is 13.9. The van der Waals surface area contributed by atoms with E-state index in [2.05, 4.69) is 4.52 Å². The molecule has 0 spiro atoms. The van der Waals surface area contributed by atoms with Crippen LogP contribution in [0.15, 0.2) is 27.7 Å². The number of hydrogen-bond acceptors (Lipinski definition) is 5. The van der Waals surface area contributed by atoms with Crippen LogP contribution in [0.4, 0.5) is 4.39 Å². The highest BCUT2D eigenvalue weighted by atomic mass is 31.2. The van der Waals surface area contributed by atoms with Crippen molar-refractivity contribution >= 4 is 7.60 Å². The fraction of sp³-hybridized carbons (Fsp3) is 0.455. The van der Waals surface area contributed by atoms with E-state index in [1.165, 1.54) is 13.1 Å². The summed E-state index contributed by atoms with van der Waals surface area (Å²) in [6, 6.07) is 0. The van der Waals surface area contributed by atoms with E-state index < -0.39 is 37.0 Å². The molecule has 1 aromatic rings. The molecule has 2 rings (SSSR count). The van der Waals surface area contributed by atoms with Gasteiger partial charge in [0.2, 0.25) is 0 Å². The molecule has 8 nitrogen and oxygen atoms in total. The first-order valence-corrected chi connectivity index (χ1v) is 7.99. The van der Waals surface area contributed by atoms with Crippen molar-refractivity contribution in [3.8, 4) is 0 Å². The maximum Gasteiger partial charge on any atom is 0.330 e. The molecule has 1 aromatic heterocycles. The van der Waals surface area contributed by atoms with E-state index in [1.807, 2.05) is 4.98 Å². The van der Waals surface area contributed by atoms with Gasteiger partial charge in [-0.1, -0.05) is 0 Å². The summed E-state index contributed by atoms with van der Waals surface area (Å²) in [5, 5.41) is 0. The Kier molecular flexibility index (Phi) is 4.29. The predicted molar refractivity (Wildman–Crippen MR) is 70.9 cm³/mol. The van der Waals surface area contributed by atoms with E-state index in [0.29, 0.717) is 0 Å². The third-order valence-corrected chi connectivity index (χ3v) is 3.39. The van der Waals surface area contributed by atoms with Gasteiger partial charge in [0.05, 0.1) is 6.61 Å². The van der Waals surface area contributed by atoms with Crippen LogP contribution in [-0.2, 0) is 13.8 Å². The molecule has 0 radical (unpaired) electrons. The molecule has 0 saturated heterocycles. The lowest BCUT2D eigenvalue weighted by Gasteiger charge is -2.17. The number of hydrogen-bond donors (Lipinski definition) is 2. The predicted octanol–water partition coefficient (Wildman–Crippen LogP) is 0.428. The van der Waals surface area contributed by atoms with Crippen molar-refractivity contribution < 1.29 is 23.1 Å². The summed E-state index contributed by atoms with van der Waals surface area (Å²) in [7, 11) is -3.70. The fourth-order valence-electron chi connectivity index (χ4n) is 1.79. The highest BCUT2D eigenvalue weighted by molar-refractivity contribution is 7.51. The van der Waals surface area contributed by atoms with Gasteiger partial charge in [0.1, 0.15) is 11.9 Å². The van der Waals surface area contributed by atoms with Gasteiger partial charge in [0, 0.05) is 18.4 Å². The molecule has 0 bridgehead atoms. The second kappa shape index (κ2) is 5.69. The van der Waals surface area contributed by atoms with E-state index in [1.54, 1.807) is 0 Å². The molecule has 21 heavy (non-hydrogen) atoms. The second-order valence-corrected chi connectivity index (χ2v) is 6.52. The average Bonchev–Trinajstić information content (AvgIpc) is 2.72. The van der Waals surface area contributed by atoms with Crippen LogP contribution in [0.1, 0.15) is 11.8 Å². The van der Waals surface area contributed by atoms with E-state index in [-0.39, 0.29) is 12.2 Å². The van der Waals surface area contributed by atoms with Gasteiger partial charge in [0.25, 0.3) is 5.56 Å². The van der Waals surface area contributed by atoms with Gasteiger partial charge < -0.3 is 14.2 Å². The Bertz CT molecular complexity index is 733. The number of nitrogens with zero attached hydrogens (tertiary/aromatic N) is 1.